The Morgan fingerprint density at radius 2 is 2.23 bits per heavy atom. The topological polar surface area (TPSA) is 61.5 Å². The smallest absolute Gasteiger partial charge is 0.307 e. The van der Waals surface area contributed by atoms with E-state index in [2.05, 4.69) is 4.74 Å². The minimum atomic E-state index is -0.382. The number of esters is 1. The predicted molar refractivity (Wildman–Crippen MR) is 48.2 cm³/mol. The minimum Gasteiger partial charge on any atom is -0.469 e. The molecule has 0 saturated heterocycles. The van der Waals surface area contributed by atoms with Crippen molar-refractivity contribution in [1.82, 2.24) is 0 Å². The number of methoxy groups -OCH3 is 1. The van der Waals surface area contributed by atoms with E-state index in [1.54, 1.807) is 0 Å². The molecule has 0 atom stereocenters. The summed E-state index contributed by atoms with van der Waals surface area (Å²) in [5.74, 6) is -0.238. The van der Waals surface area contributed by atoms with Crippen LogP contribution in [-0.2, 0) is 14.3 Å². The molecule has 0 aromatic rings. The highest BCUT2D eigenvalue weighted by Crippen LogP contribution is 2.35. The van der Waals surface area contributed by atoms with Crippen molar-refractivity contribution in [2.24, 2.45) is 5.73 Å². The van der Waals surface area contributed by atoms with Crippen molar-refractivity contribution in [2.45, 2.75) is 37.8 Å². The van der Waals surface area contributed by atoms with Crippen LogP contribution in [0.3, 0.4) is 0 Å². The third-order valence-electron chi connectivity index (χ3n) is 2.39. The molecule has 0 amide bonds. The molecular weight excluding hydrogens is 170 g/mol. The van der Waals surface area contributed by atoms with Crippen molar-refractivity contribution in [3.63, 3.8) is 0 Å². The quantitative estimate of drug-likeness (QED) is 0.649. The summed E-state index contributed by atoms with van der Waals surface area (Å²) >= 11 is 0. The summed E-state index contributed by atoms with van der Waals surface area (Å²) in [6, 6.07) is 0. The number of rotatable bonds is 4. The van der Waals surface area contributed by atoms with Crippen LogP contribution in [0, 0.1) is 0 Å². The highest BCUT2D eigenvalue weighted by atomic mass is 16.5. The summed E-state index contributed by atoms with van der Waals surface area (Å²) in [6.45, 7) is 2.66. The van der Waals surface area contributed by atoms with Crippen molar-refractivity contribution in [3.05, 3.63) is 0 Å². The standard InChI is InChI=1S/C9H17NO3/c1-3-13-7-4-9(10,5-7)6-8(11)12-2/h7H,3-6,10H2,1-2H3. The van der Waals surface area contributed by atoms with E-state index in [0.717, 1.165) is 12.8 Å². The first kappa shape index (κ1) is 10.5. The van der Waals surface area contributed by atoms with E-state index in [1.165, 1.54) is 7.11 Å². The Morgan fingerprint density at radius 1 is 1.62 bits per heavy atom. The molecule has 1 fully saturated rings. The van der Waals surface area contributed by atoms with E-state index in [0.29, 0.717) is 13.0 Å². The van der Waals surface area contributed by atoms with Gasteiger partial charge >= 0.3 is 5.97 Å². The number of hydrogen-bond acceptors (Lipinski definition) is 4. The van der Waals surface area contributed by atoms with Crippen LogP contribution in [0.4, 0.5) is 0 Å². The van der Waals surface area contributed by atoms with Crippen LogP contribution < -0.4 is 5.73 Å². The fraction of sp³-hybridized carbons (Fsp3) is 0.889. The molecule has 0 aliphatic heterocycles. The lowest BCUT2D eigenvalue weighted by atomic mass is 9.73. The Balaban J connectivity index is 2.25. The average molecular weight is 187 g/mol. The van der Waals surface area contributed by atoms with Gasteiger partial charge in [0, 0.05) is 12.1 Å². The van der Waals surface area contributed by atoms with Gasteiger partial charge in [-0.3, -0.25) is 4.79 Å². The Bertz CT molecular complexity index is 187. The van der Waals surface area contributed by atoms with Gasteiger partial charge in [0.25, 0.3) is 0 Å². The van der Waals surface area contributed by atoms with Gasteiger partial charge in [-0.05, 0) is 19.8 Å². The summed E-state index contributed by atoms with van der Waals surface area (Å²) in [7, 11) is 1.38. The first-order valence-electron chi connectivity index (χ1n) is 4.57. The number of carbonyl (C=O) groups excluding carboxylic acids is 1. The summed E-state index contributed by atoms with van der Waals surface area (Å²) in [6.07, 6.45) is 2.05. The molecule has 1 rings (SSSR count). The molecule has 1 aliphatic rings. The average Bonchev–Trinajstić information content (AvgIpc) is 2.02. The third kappa shape index (κ3) is 2.67. The van der Waals surface area contributed by atoms with E-state index in [4.69, 9.17) is 10.5 Å². The van der Waals surface area contributed by atoms with E-state index >= 15 is 0 Å². The highest BCUT2D eigenvalue weighted by Gasteiger charge is 2.43. The van der Waals surface area contributed by atoms with Gasteiger partial charge in [0.1, 0.15) is 0 Å². The normalized spacial score (nSPS) is 32.4. The second kappa shape index (κ2) is 4.07. The van der Waals surface area contributed by atoms with Gasteiger partial charge in [0.2, 0.25) is 0 Å². The molecule has 0 unspecified atom stereocenters. The summed E-state index contributed by atoms with van der Waals surface area (Å²) in [5.41, 5.74) is 5.54. The van der Waals surface area contributed by atoms with Gasteiger partial charge < -0.3 is 15.2 Å². The van der Waals surface area contributed by atoms with Gasteiger partial charge in [-0.1, -0.05) is 0 Å². The lowest BCUT2D eigenvalue weighted by Gasteiger charge is -2.43. The molecular formula is C9H17NO3. The number of carbonyl (C=O) groups is 1. The molecule has 0 aromatic carbocycles. The first-order chi connectivity index (χ1) is 6.09. The molecule has 76 valence electrons. The molecule has 0 aromatic heterocycles. The van der Waals surface area contributed by atoms with Crippen molar-refractivity contribution in [3.8, 4) is 0 Å². The summed E-state index contributed by atoms with van der Waals surface area (Å²) < 4.78 is 9.91. The Hall–Kier alpha value is -0.610. The second-order valence-electron chi connectivity index (χ2n) is 3.60. The fourth-order valence-electron chi connectivity index (χ4n) is 1.70. The second-order valence-corrected chi connectivity index (χ2v) is 3.60. The SMILES string of the molecule is CCOC1CC(N)(CC(=O)OC)C1. The molecule has 13 heavy (non-hydrogen) atoms. The molecule has 2 N–H and O–H groups in total. The number of ether oxygens (including phenoxy) is 2. The van der Waals surface area contributed by atoms with E-state index < -0.39 is 0 Å². The lowest BCUT2D eigenvalue weighted by molar-refractivity contribution is -0.144. The fourth-order valence-corrected chi connectivity index (χ4v) is 1.70. The van der Waals surface area contributed by atoms with Gasteiger partial charge in [-0.2, -0.15) is 0 Å². The third-order valence-corrected chi connectivity index (χ3v) is 2.39. The molecule has 1 saturated carbocycles. The zero-order valence-electron chi connectivity index (χ0n) is 8.21. The maximum atomic E-state index is 10.9. The summed E-state index contributed by atoms with van der Waals surface area (Å²) in [5, 5.41) is 0. The predicted octanol–water partition coefficient (Wildman–Crippen LogP) is 0.446. The molecule has 0 heterocycles. The molecule has 1 aliphatic carbocycles. The maximum Gasteiger partial charge on any atom is 0.307 e. The van der Waals surface area contributed by atoms with Crippen molar-refractivity contribution < 1.29 is 14.3 Å². The largest absolute Gasteiger partial charge is 0.469 e. The van der Waals surface area contributed by atoms with Crippen LogP contribution in [0.1, 0.15) is 26.2 Å². The van der Waals surface area contributed by atoms with Crippen LogP contribution in [0.5, 0.6) is 0 Å². The lowest BCUT2D eigenvalue weighted by Crippen LogP contribution is -2.56. The van der Waals surface area contributed by atoms with Crippen molar-refractivity contribution in [1.29, 1.82) is 0 Å². The Morgan fingerprint density at radius 3 is 2.69 bits per heavy atom. The van der Waals surface area contributed by atoms with Crippen LogP contribution in [0.2, 0.25) is 0 Å². The van der Waals surface area contributed by atoms with Gasteiger partial charge in [-0.15, -0.1) is 0 Å². The van der Waals surface area contributed by atoms with Crippen LogP contribution in [0.25, 0.3) is 0 Å². The van der Waals surface area contributed by atoms with E-state index in [9.17, 15) is 4.79 Å². The van der Waals surface area contributed by atoms with Crippen molar-refractivity contribution >= 4 is 5.97 Å². The maximum absolute atomic E-state index is 10.9. The summed E-state index contributed by atoms with van der Waals surface area (Å²) in [4.78, 5) is 10.9. The van der Waals surface area contributed by atoms with E-state index in [1.807, 2.05) is 6.92 Å². The molecule has 0 bridgehead atoms. The van der Waals surface area contributed by atoms with Crippen LogP contribution in [0.15, 0.2) is 0 Å². The van der Waals surface area contributed by atoms with Gasteiger partial charge in [-0.25, -0.2) is 0 Å². The van der Waals surface area contributed by atoms with Crippen LogP contribution >= 0.6 is 0 Å². The zero-order chi connectivity index (χ0) is 9.90. The highest BCUT2D eigenvalue weighted by molar-refractivity contribution is 5.71. The molecule has 4 nitrogen and oxygen atoms in total. The minimum absolute atomic E-state index is 0.236. The number of hydrogen-bond donors (Lipinski definition) is 1. The first-order valence-corrected chi connectivity index (χ1v) is 4.57. The van der Waals surface area contributed by atoms with E-state index in [-0.39, 0.29) is 17.6 Å². The molecule has 4 heteroatoms. The zero-order valence-corrected chi connectivity index (χ0v) is 8.21. The molecule has 0 radical (unpaired) electrons. The van der Waals surface area contributed by atoms with Crippen molar-refractivity contribution in [2.75, 3.05) is 13.7 Å². The van der Waals surface area contributed by atoms with Gasteiger partial charge in [0.15, 0.2) is 0 Å². The Kier molecular flexibility index (Phi) is 3.27. The monoisotopic (exact) mass is 187 g/mol. The van der Waals surface area contributed by atoms with Crippen LogP contribution in [-0.4, -0.2) is 31.3 Å². The Labute approximate surface area is 78.4 Å². The van der Waals surface area contributed by atoms with Gasteiger partial charge in [0.05, 0.1) is 19.6 Å². The number of nitrogens with two attached hydrogens (primary N) is 1. The molecule has 0 spiro atoms.